The number of hydrogen-bond acceptors (Lipinski definition) is 1. The van der Waals surface area contributed by atoms with Crippen molar-refractivity contribution in [3.8, 4) is 0 Å². The second-order valence-corrected chi connectivity index (χ2v) is 5.63. The molecule has 0 aromatic heterocycles. The van der Waals surface area contributed by atoms with Crippen molar-refractivity contribution in [2.45, 2.75) is 37.1 Å². The van der Waals surface area contributed by atoms with E-state index in [1.165, 1.54) is 32.1 Å². The maximum absolute atomic E-state index is 12.0. The SMILES string of the molecule is O=C(NC(Br)C1CCCCC1)c1ccccc1. The average molecular weight is 296 g/mol. The number of rotatable bonds is 3. The zero-order valence-corrected chi connectivity index (χ0v) is 11.4. The number of halogens is 1. The molecule has 0 spiro atoms. The summed E-state index contributed by atoms with van der Waals surface area (Å²) in [6, 6.07) is 9.38. The summed E-state index contributed by atoms with van der Waals surface area (Å²) in [5, 5.41) is 3.04. The van der Waals surface area contributed by atoms with E-state index in [2.05, 4.69) is 21.2 Å². The molecule has 1 aromatic rings. The molecule has 2 nitrogen and oxygen atoms in total. The van der Waals surface area contributed by atoms with E-state index < -0.39 is 0 Å². The monoisotopic (exact) mass is 295 g/mol. The van der Waals surface area contributed by atoms with Crippen molar-refractivity contribution < 1.29 is 4.79 Å². The van der Waals surface area contributed by atoms with Crippen LogP contribution in [0.4, 0.5) is 0 Å². The van der Waals surface area contributed by atoms with E-state index in [-0.39, 0.29) is 10.9 Å². The Bertz CT molecular complexity index is 360. The number of carbonyl (C=O) groups excluding carboxylic acids is 1. The Morgan fingerprint density at radius 2 is 1.82 bits per heavy atom. The number of carbonyl (C=O) groups is 1. The average Bonchev–Trinajstić information content (AvgIpc) is 2.40. The molecule has 0 aliphatic heterocycles. The first-order valence-corrected chi connectivity index (χ1v) is 7.19. The van der Waals surface area contributed by atoms with Crippen LogP contribution in [-0.4, -0.2) is 10.9 Å². The van der Waals surface area contributed by atoms with Crippen molar-refractivity contribution in [1.82, 2.24) is 5.32 Å². The predicted octanol–water partition coefficient (Wildman–Crippen LogP) is 3.72. The van der Waals surface area contributed by atoms with Crippen molar-refractivity contribution in [2.24, 2.45) is 5.92 Å². The molecule has 0 bridgehead atoms. The van der Waals surface area contributed by atoms with E-state index >= 15 is 0 Å². The molecule has 1 amide bonds. The van der Waals surface area contributed by atoms with Gasteiger partial charge in [-0.1, -0.05) is 53.4 Å². The largest absolute Gasteiger partial charge is 0.339 e. The Morgan fingerprint density at radius 1 is 1.18 bits per heavy atom. The molecular formula is C14H18BrNO. The fourth-order valence-corrected chi connectivity index (χ4v) is 3.08. The topological polar surface area (TPSA) is 29.1 Å². The van der Waals surface area contributed by atoms with E-state index in [9.17, 15) is 4.79 Å². The highest BCUT2D eigenvalue weighted by Crippen LogP contribution is 2.28. The van der Waals surface area contributed by atoms with Crippen LogP contribution >= 0.6 is 15.9 Å². The maximum Gasteiger partial charge on any atom is 0.252 e. The Morgan fingerprint density at radius 3 is 2.47 bits per heavy atom. The second-order valence-electron chi connectivity index (χ2n) is 4.64. The normalized spacial score (nSPS) is 18.6. The summed E-state index contributed by atoms with van der Waals surface area (Å²) in [6.07, 6.45) is 6.33. The summed E-state index contributed by atoms with van der Waals surface area (Å²) in [5.74, 6) is 0.592. The molecule has 3 heteroatoms. The third-order valence-electron chi connectivity index (χ3n) is 3.37. The van der Waals surface area contributed by atoms with Gasteiger partial charge in [0.1, 0.15) is 0 Å². The Hall–Kier alpha value is -0.830. The summed E-state index contributed by atoms with van der Waals surface area (Å²) in [4.78, 5) is 12.1. The van der Waals surface area contributed by atoms with Crippen LogP contribution in [0.2, 0.25) is 0 Å². The van der Waals surface area contributed by atoms with Crippen molar-refractivity contribution in [2.75, 3.05) is 0 Å². The highest BCUT2D eigenvalue weighted by atomic mass is 79.9. The van der Waals surface area contributed by atoms with Crippen LogP contribution in [0.15, 0.2) is 30.3 Å². The molecule has 1 saturated carbocycles. The van der Waals surface area contributed by atoms with Crippen LogP contribution in [-0.2, 0) is 0 Å². The van der Waals surface area contributed by atoms with Crippen molar-refractivity contribution in [1.29, 1.82) is 0 Å². The molecule has 0 saturated heterocycles. The van der Waals surface area contributed by atoms with Crippen LogP contribution in [0.5, 0.6) is 0 Å². The molecule has 1 N–H and O–H groups in total. The lowest BCUT2D eigenvalue weighted by Gasteiger charge is -2.26. The molecule has 1 aliphatic carbocycles. The smallest absolute Gasteiger partial charge is 0.252 e. The third-order valence-corrected chi connectivity index (χ3v) is 4.35. The van der Waals surface area contributed by atoms with Gasteiger partial charge in [0, 0.05) is 5.56 Å². The summed E-state index contributed by atoms with van der Waals surface area (Å²) >= 11 is 3.61. The first-order chi connectivity index (χ1) is 8.27. The van der Waals surface area contributed by atoms with Crippen LogP contribution in [0, 0.1) is 5.92 Å². The molecule has 1 aromatic carbocycles. The predicted molar refractivity (Wildman–Crippen MR) is 73.2 cm³/mol. The van der Waals surface area contributed by atoms with Gasteiger partial charge in [0.15, 0.2) is 0 Å². The van der Waals surface area contributed by atoms with Crippen molar-refractivity contribution in [3.05, 3.63) is 35.9 Å². The molecule has 1 fully saturated rings. The molecule has 1 atom stereocenters. The van der Waals surface area contributed by atoms with E-state index in [4.69, 9.17) is 0 Å². The lowest BCUT2D eigenvalue weighted by Crippen LogP contribution is -2.36. The van der Waals surface area contributed by atoms with Crippen LogP contribution in [0.1, 0.15) is 42.5 Å². The second kappa shape index (κ2) is 6.20. The molecule has 0 heterocycles. The molecule has 2 rings (SSSR count). The van der Waals surface area contributed by atoms with Crippen LogP contribution < -0.4 is 5.32 Å². The lowest BCUT2D eigenvalue weighted by atomic mass is 9.89. The molecule has 1 aliphatic rings. The van der Waals surface area contributed by atoms with Gasteiger partial charge in [0.25, 0.3) is 5.91 Å². The zero-order valence-electron chi connectivity index (χ0n) is 9.86. The summed E-state index contributed by atoms with van der Waals surface area (Å²) in [5.41, 5.74) is 0.729. The lowest BCUT2D eigenvalue weighted by molar-refractivity contribution is 0.0938. The van der Waals surface area contributed by atoms with E-state index in [1.54, 1.807) is 0 Å². The van der Waals surface area contributed by atoms with Crippen molar-refractivity contribution in [3.63, 3.8) is 0 Å². The van der Waals surface area contributed by atoms with E-state index in [0.29, 0.717) is 5.92 Å². The van der Waals surface area contributed by atoms with Crippen molar-refractivity contribution >= 4 is 21.8 Å². The van der Waals surface area contributed by atoms with Gasteiger partial charge in [-0.15, -0.1) is 0 Å². The standard InChI is InChI=1S/C14H18BrNO/c15-13(11-7-3-1-4-8-11)16-14(17)12-9-5-2-6-10-12/h2,5-6,9-11,13H,1,3-4,7-8H2,(H,16,17). The molecule has 1 unspecified atom stereocenters. The number of nitrogens with one attached hydrogen (secondary N) is 1. The highest BCUT2D eigenvalue weighted by molar-refractivity contribution is 9.09. The van der Waals surface area contributed by atoms with Crippen LogP contribution in [0.25, 0.3) is 0 Å². The van der Waals surface area contributed by atoms with Gasteiger partial charge < -0.3 is 5.32 Å². The Balaban J connectivity index is 1.89. The first kappa shape index (κ1) is 12.6. The maximum atomic E-state index is 12.0. The zero-order chi connectivity index (χ0) is 12.1. The Kier molecular flexibility index (Phi) is 4.60. The third kappa shape index (κ3) is 3.56. The van der Waals surface area contributed by atoms with Gasteiger partial charge in [0.05, 0.1) is 4.95 Å². The minimum absolute atomic E-state index is 0.0121. The van der Waals surface area contributed by atoms with Crippen LogP contribution in [0.3, 0.4) is 0 Å². The minimum Gasteiger partial charge on any atom is -0.339 e. The fourth-order valence-electron chi connectivity index (χ4n) is 2.34. The number of hydrogen-bond donors (Lipinski definition) is 1. The number of alkyl halides is 1. The molecule has 92 valence electrons. The van der Waals surface area contributed by atoms with Gasteiger partial charge in [0.2, 0.25) is 0 Å². The summed E-state index contributed by atoms with van der Waals surface area (Å²) < 4.78 is 0. The summed E-state index contributed by atoms with van der Waals surface area (Å²) in [6.45, 7) is 0. The number of amides is 1. The van der Waals surface area contributed by atoms with Gasteiger partial charge in [-0.3, -0.25) is 4.79 Å². The van der Waals surface area contributed by atoms with Gasteiger partial charge in [-0.2, -0.15) is 0 Å². The highest BCUT2D eigenvalue weighted by Gasteiger charge is 2.22. The van der Waals surface area contributed by atoms with E-state index in [0.717, 1.165) is 5.56 Å². The van der Waals surface area contributed by atoms with E-state index in [1.807, 2.05) is 30.3 Å². The molecule has 17 heavy (non-hydrogen) atoms. The summed E-state index contributed by atoms with van der Waals surface area (Å²) in [7, 11) is 0. The number of benzene rings is 1. The first-order valence-electron chi connectivity index (χ1n) is 6.27. The molecular weight excluding hydrogens is 278 g/mol. The fraction of sp³-hybridized carbons (Fsp3) is 0.500. The van der Waals surface area contributed by atoms with Gasteiger partial charge in [-0.25, -0.2) is 0 Å². The minimum atomic E-state index is 0.0121. The quantitative estimate of drug-likeness (QED) is 0.668. The van der Waals surface area contributed by atoms with Gasteiger partial charge >= 0.3 is 0 Å². The van der Waals surface area contributed by atoms with Gasteiger partial charge in [-0.05, 0) is 30.9 Å². The Labute approximate surface area is 111 Å². The molecule has 0 radical (unpaired) electrons.